The standard InChI is InChI=1S/C21H22FN3O6S/c1-21(2,25-32(3,29)30)18(20(27)24-28)23-19(26)13-6-4-12(5-7-13)16-10-14-8-9-15(22)11-17(14)31-16/h4-11,18,25,28H,1-3H3,(H,23,26)(H,24,27)/t18-/m1/s1. The molecule has 4 N–H and O–H groups in total. The molecule has 1 atom stereocenters. The third-order valence-electron chi connectivity index (χ3n) is 4.73. The second-order valence-corrected chi connectivity index (χ2v) is 9.60. The average Bonchev–Trinajstić information content (AvgIpc) is 3.12. The molecular weight excluding hydrogens is 441 g/mol. The second kappa shape index (κ2) is 8.69. The number of benzene rings is 2. The largest absolute Gasteiger partial charge is 0.456 e. The van der Waals surface area contributed by atoms with Crippen LogP contribution in [-0.2, 0) is 14.8 Å². The van der Waals surface area contributed by atoms with Crippen LogP contribution in [0.1, 0.15) is 24.2 Å². The van der Waals surface area contributed by atoms with Crippen molar-refractivity contribution in [3.05, 3.63) is 59.9 Å². The molecule has 0 saturated heterocycles. The molecule has 0 aliphatic carbocycles. The summed E-state index contributed by atoms with van der Waals surface area (Å²) in [5.41, 5.74) is 1.20. The van der Waals surface area contributed by atoms with Crippen molar-refractivity contribution in [3.8, 4) is 11.3 Å². The van der Waals surface area contributed by atoms with Gasteiger partial charge in [0, 0.05) is 22.6 Å². The van der Waals surface area contributed by atoms with Gasteiger partial charge in [0.2, 0.25) is 10.0 Å². The van der Waals surface area contributed by atoms with E-state index in [9.17, 15) is 22.4 Å². The van der Waals surface area contributed by atoms with Gasteiger partial charge in [0.1, 0.15) is 23.2 Å². The van der Waals surface area contributed by atoms with Crippen LogP contribution >= 0.6 is 0 Å². The van der Waals surface area contributed by atoms with E-state index in [1.54, 1.807) is 24.3 Å². The molecular formula is C21H22FN3O6S. The predicted molar refractivity (Wildman–Crippen MR) is 115 cm³/mol. The molecule has 0 bridgehead atoms. The fourth-order valence-electron chi connectivity index (χ4n) is 3.32. The van der Waals surface area contributed by atoms with Crippen molar-refractivity contribution in [2.75, 3.05) is 6.26 Å². The van der Waals surface area contributed by atoms with Crippen LogP contribution in [0.25, 0.3) is 22.3 Å². The number of furan rings is 1. The van der Waals surface area contributed by atoms with Gasteiger partial charge in [0.25, 0.3) is 11.8 Å². The lowest BCUT2D eigenvalue weighted by molar-refractivity contribution is -0.132. The molecule has 170 valence electrons. The number of fused-ring (bicyclic) bond motifs is 1. The van der Waals surface area contributed by atoms with Gasteiger partial charge in [-0.25, -0.2) is 23.0 Å². The lowest BCUT2D eigenvalue weighted by Gasteiger charge is -2.33. The Kier molecular flexibility index (Phi) is 6.35. The molecule has 9 nitrogen and oxygen atoms in total. The van der Waals surface area contributed by atoms with Crippen molar-refractivity contribution >= 4 is 32.8 Å². The molecule has 0 aliphatic rings. The van der Waals surface area contributed by atoms with Crippen molar-refractivity contribution in [3.63, 3.8) is 0 Å². The SMILES string of the molecule is CC(C)(NS(C)(=O)=O)[C@H](NC(=O)c1ccc(-c2cc3ccc(F)cc3o2)cc1)C(=O)NO. The Labute approximate surface area is 183 Å². The Balaban J connectivity index is 1.82. The van der Waals surface area contributed by atoms with Gasteiger partial charge in [-0.3, -0.25) is 14.8 Å². The van der Waals surface area contributed by atoms with Crippen LogP contribution in [0.15, 0.2) is 52.9 Å². The van der Waals surface area contributed by atoms with E-state index in [0.29, 0.717) is 16.9 Å². The highest BCUT2D eigenvalue weighted by atomic mass is 32.2. The van der Waals surface area contributed by atoms with E-state index in [1.807, 2.05) is 0 Å². The van der Waals surface area contributed by atoms with E-state index >= 15 is 0 Å². The quantitative estimate of drug-likeness (QED) is 0.313. The summed E-state index contributed by atoms with van der Waals surface area (Å²) in [7, 11) is -3.72. The summed E-state index contributed by atoms with van der Waals surface area (Å²) >= 11 is 0. The molecule has 3 rings (SSSR count). The monoisotopic (exact) mass is 463 g/mol. The number of nitrogens with one attached hydrogen (secondary N) is 3. The Bertz CT molecular complexity index is 1270. The molecule has 32 heavy (non-hydrogen) atoms. The van der Waals surface area contributed by atoms with E-state index in [0.717, 1.165) is 11.6 Å². The zero-order chi connectivity index (χ0) is 23.7. The zero-order valence-corrected chi connectivity index (χ0v) is 18.3. The number of halogens is 1. The summed E-state index contributed by atoms with van der Waals surface area (Å²) in [6.45, 7) is 2.78. The first-order valence-corrected chi connectivity index (χ1v) is 11.3. The molecule has 11 heteroatoms. The van der Waals surface area contributed by atoms with Gasteiger partial charge in [-0.05, 0) is 44.2 Å². The average molecular weight is 463 g/mol. The topological polar surface area (TPSA) is 138 Å². The van der Waals surface area contributed by atoms with E-state index in [4.69, 9.17) is 9.62 Å². The molecule has 2 aromatic carbocycles. The maximum atomic E-state index is 13.4. The molecule has 0 saturated carbocycles. The summed E-state index contributed by atoms with van der Waals surface area (Å²) in [4.78, 5) is 24.8. The normalized spacial score (nSPS) is 13.0. The van der Waals surface area contributed by atoms with Gasteiger partial charge in [-0.1, -0.05) is 12.1 Å². The third kappa shape index (κ3) is 5.31. The second-order valence-electron chi connectivity index (χ2n) is 7.85. The van der Waals surface area contributed by atoms with Crippen LogP contribution in [-0.4, -0.2) is 43.3 Å². The molecule has 0 radical (unpaired) electrons. The lowest BCUT2D eigenvalue weighted by Crippen LogP contribution is -2.64. The van der Waals surface area contributed by atoms with Crippen LogP contribution in [0.4, 0.5) is 4.39 Å². The molecule has 3 aromatic rings. The molecule has 2 amide bonds. The number of amides is 2. The minimum absolute atomic E-state index is 0.182. The maximum Gasteiger partial charge on any atom is 0.267 e. The summed E-state index contributed by atoms with van der Waals surface area (Å²) in [6.07, 6.45) is 0.912. The lowest BCUT2D eigenvalue weighted by atomic mass is 9.94. The zero-order valence-electron chi connectivity index (χ0n) is 17.5. The summed E-state index contributed by atoms with van der Waals surface area (Å²) in [5, 5.41) is 12.2. The van der Waals surface area contributed by atoms with Crippen LogP contribution in [0, 0.1) is 5.82 Å². The first-order chi connectivity index (χ1) is 14.9. The van der Waals surface area contributed by atoms with Crippen molar-refractivity contribution in [2.24, 2.45) is 0 Å². The predicted octanol–water partition coefficient (Wildman–Crippen LogP) is 2.17. The third-order valence-corrected chi connectivity index (χ3v) is 5.63. The van der Waals surface area contributed by atoms with Crippen molar-refractivity contribution in [1.29, 1.82) is 0 Å². The highest BCUT2D eigenvalue weighted by Crippen LogP contribution is 2.28. The van der Waals surface area contributed by atoms with Gasteiger partial charge in [-0.15, -0.1) is 0 Å². The first-order valence-electron chi connectivity index (χ1n) is 9.43. The molecule has 0 spiro atoms. The smallest absolute Gasteiger partial charge is 0.267 e. The van der Waals surface area contributed by atoms with Gasteiger partial charge < -0.3 is 9.73 Å². The number of carbonyl (C=O) groups excluding carboxylic acids is 2. The van der Waals surface area contributed by atoms with Gasteiger partial charge in [0.15, 0.2) is 0 Å². The van der Waals surface area contributed by atoms with Crippen LogP contribution in [0.2, 0.25) is 0 Å². The minimum Gasteiger partial charge on any atom is -0.456 e. The van der Waals surface area contributed by atoms with Crippen LogP contribution < -0.4 is 15.5 Å². The Morgan fingerprint density at radius 3 is 2.34 bits per heavy atom. The van der Waals surface area contributed by atoms with Crippen LogP contribution in [0.3, 0.4) is 0 Å². The summed E-state index contributed by atoms with van der Waals surface area (Å²) in [6, 6.07) is 10.7. The van der Waals surface area contributed by atoms with Crippen molar-refractivity contribution < 1.29 is 32.0 Å². The number of hydrogen-bond acceptors (Lipinski definition) is 6. The number of carbonyl (C=O) groups is 2. The highest BCUT2D eigenvalue weighted by molar-refractivity contribution is 7.88. The first kappa shape index (κ1) is 23.4. The van der Waals surface area contributed by atoms with Crippen molar-refractivity contribution in [1.82, 2.24) is 15.5 Å². The Morgan fingerprint density at radius 2 is 1.75 bits per heavy atom. The number of hydroxylamine groups is 1. The molecule has 1 heterocycles. The van der Waals surface area contributed by atoms with Gasteiger partial charge in [-0.2, -0.15) is 0 Å². The molecule has 0 unspecified atom stereocenters. The fourth-order valence-corrected chi connectivity index (χ4v) is 4.40. The number of sulfonamides is 1. The van der Waals surface area contributed by atoms with Crippen LogP contribution in [0.5, 0.6) is 0 Å². The maximum absolute atomic E-state index is 13.4. The van der Waals surface area contributed by atoms with E-state index < -0.39 is 39.2 Å². The minimum atomic E-state index is -3.72. The molecule has 0 fully saturated rings. The summed E-state index contributed by atoms with van der Waals surface area (Å²) < 4.78 is 44.5. The fraction of sp³-hybridized carbons (Fsp3) is 0.238. The summed E-state index contributed by atoms with van der Waals surface area (Å²) in [5.74, 6) is -1.60. The number of hydrogen-bond donors (Lipinski definition) is 4. The Hall–Kier alpha value is -3.28. The van der Waals surface area contributed by atoms with E-state index in [-0.39, 0.29) is 5.56 Å². The molecule has 0 aliphatic heterocycles. The van der Waals surface area contributed by atoms with Gasteiger partial charge in [0.05, 0.1) is 11.8 Å². The number of rotatable bonds is 7. The van der Waals surface area contributed by atoms with E-state index in [1.165, 1.54) is 43.6 Å². The highest BCUT2D eigenvalue weighted by Gasteiger charge is 2.38. The molecule has 1 aromatic heterocycles. The Morgan fingerprint density at radius 1 is 1.09 bits per heavy atom. The van der Waals surface area contributed by atoms with E-state index in [2.05, 4.69) is 10.0 Å². The van der Waals surface area contributed by atoms with Gasteiger partial charge >= 0.3 is 0 Å². The van der Waals surface area contributed by atoms with Crippen molar-refractivity contribution in [2.45, 2.75) is 25.4 Å².